The van der Waals surface area contributed by atoms with Gasteiger partial charge in [-0.15, -0.1) is 0 Å². The molecule has 0 fully saturated rings. The van der Waals surface area contributed by atoms with E-state index < -0.39 is 0 Å². The van der Waals surface area contributed by atoms with Crippen LogP contribution in [-0.2, 0) is 32.7 Å². The van der Waals surface area contributed by atoms with Crippen LogP contribution in [0.5, 0.6) is 0 Å². The van der Waals surface area contributed by atoms with Gasteiger partial charge in [0.1, 0.15) is 0 Å². The van der Waals surface area contributed by atoms with E-state index in [2.05, 4.69) is 13.8 Å². The zero-order chi connectivity index (χ0) is 4.99. The van der Waals surface area contributed by atoms with Gasteiger partial charge in [-0.05, 0) is 6.54 Å². The Kier molecular flexibility index (Phi) is 11.0. The first-order chi connectivity index (χ1) is 2.81. The van der Waals surface area contributed by atoms with Crippen LogP contribution in [0.25, 0.3) is 0 Å². The Hall–Kier alpha value is 1.06. The van der Waals surface area contributed by atoms with Crippen molar-refractivity contribution < 1.29 is 32.7 Å². The predicted molar refractivity (Wildman–Crippen MR) is 28.2 cm³/mol. The monoisotopic (exact) mass is 175 g/mol. The van der Waals surface area contributed by atoms with Crippen molar-refractivity contribution in [1.82, 2.24) is 0 Å². The Bertz CT molecular complexity index is 27.3. The van der Waals surface area contributed by atoms with Crippen LogP contribution in [0.1, 0.15) is 13.3 Å². The van der Waals surface area contributed by atoms with Crippen LogP contribution < -0.4 is 5.73 Å². The van der Waals surface area contributed by atoms with Gasteiger partial charge in [-0.1, -0.05) is 13.3 Å². The van der Waals surface area contributed by atoms with Crippen molar-refractivity contribution >= 4 is 0 Å². The Morgan fingerprint density at radius 1 is 1.71 bits per heavy atom. The van der Waals surface area contributed by atoms with Crippen LogP contribution in [-0.4, -0.2) is 6.54 Å². The smallest absolute Gasteiger partial charge is 0 e. The average molecular weight is 175 g/mol. The molecule has 1 radical (unpaired) electrons. The van der Waals surface area contributed by atoms with Crippen molar-refractivity contribution in [3.8, 4) is 0 Å². The maximum absolute atomic E-state index is 5.22. The fourth-order valence-electron chi connectivity index (χ4n) is 0.167. The second kappa shape index (κ2) is 7.06. The molecule has 0 rings (SSSR count). The third-order valence-electron chi connectivity index (χ3n) is 0.911. The molecule has 0 heterocycles. The second-order valence-corrected chi connectivity index (χ2v) is 1.51. The first-order valence-electron chi connectivity index (χ1n) is 2.34. The third kappa shape index (κ3) is 7.06. The van der Waals surface area contributed by atoms with Gasteiger partial charge < -0.3 is 12.7 Å². The van der Waals surface area contributed by atoms with Crippen molar-refractivity contribution in [1.29, 1.82) is 0 Å². The molecule has 0 aromatic heterocycles. The molecule has 0 bridgehead atoms. The summed E-state index contributed by atoms with van der Waals surface area (Å²) in [7, 11) is 0. The molecular formula is C5H12NY-. The molecule has 0 aliphatic heterocycles. The molecule has 0 amide bonds. The largest absolute Gasteiger partial charge is 0.339 e. The van der Waals surface area contributed by atoms with Gasteiger partial charge in [0.25, 0.3) is 0 Å². The van der Waals surface area contributed by atoms with Gasteiger partial charge >= 0.3 is 0 Å². The summed E-state index contributed by atoms with van der Waals surface area (Å²) in [5.74, 6) is 0.463. The Morgan fingerprint density at radius 3 is 2.14 bits per heavy atom. The van der Waals surface area contributed by atoms with Gasteiger partial charge in [0, 0.05) is 32.7 Å². The first-order valence-corrected chi connectivity index (χ1v) is 2.34. The summed E-state index contributed by atoms with van der Waals surface area (Å²) >= 11 is 0. The van der Waals surface area contributed by atoms with Gasteiger partial charge in [0.05, 0.1) is 0 Å². The van der Waals surface area contributed by atoms with Gasteiger partial charge in [-0.25, -0.2) is 0 Å². The summed E-state index contributed by atoms with van der Waals surface area (Å²) in [6.45, 7) is 6.56. The van der Waals surface area contributed by atoms with Crippen molar-refractivity contribution in [3.63, 3.8) is 0 Å². The van der Waals surface area contributed by atoms with Crippen LogP contribution in [0.2, 0.25) is 0 Å². The molecule has 1 nitrogen and oxygen atoms in total. The fraction of sp³-hybridized carbons (Fsp3) is 0.800. The van der Waals surface area contributed by atoms with Crippen molar-refractivity contribution in [3.05, 3.63) is 6.92 Å². The molecule has 1 atom stereocenters. The zero-order valence-electron chi connectivity index (χ0n) is 4.85. The first kappa shape index (κ1) is 10.9. The molecule has 2 heteroatoms. The number of hydrogen-bond acceptors (Lipinski definition) is 1. The molecule has 0 aromatic carbocycles. The SMILES string of the molecule is [CH2-]C(CC)CN.[Y]. The van der Waals surface area contributed by atoms with Crippen LogP contribution in [0, 0.1) is 12.8 Å². The topological polar surface area (TPSA) is 26.0 Å². The van der Waals surface area contributed by atoms with Crippen LogP contribution in [0.3, 0.4) is 0 Å². The van der Waals surface area contributed by atoms with Crippen molar-refractivity contribution in [2.75, 3.05) is 6.54 Å². The van der Waals surface area contributed by atoms with E-state index in [9.17, 15) is 0 Å². The second-order valence-electron chi connectivity index (χ2n) is 1.51. The maximum Gasteiger partial charge on any atom is 0 e. The molecule has 0 aliphatic carbocycles. The summed E-state index contributed by atoms with van der Waals surface area (Å²) in [4.78, 5) is 0. The molecule has 0 saturated carbocycles. The quantitative estimate of drug-likeness (QED) is 0.617. The van der Waals surface area contributed by atoms with Crippen LogP contribution in [0.15, 0.2) is 0 Å². The molecule has 0 aliphatic rings. The molecule has 0 aromatic rings. The van der Waals surface area contributed by atoms with E-state index in [-0.39, 0.29) is 32.7 Å². The van der Waals surface area contributed by atoms with Gasteiger partial charge in [0.15, 0.2) is 0 Å². The molecule has 2 N–H and O–H groups in total. The summed E-state index contributed by atoms with van der Waals surface area (Å²) in [5.41, 5.74) is 5.22. The zero-order valence-corrected chi connectivity index (χ0v) is 7.69. The van der Waals surface area contributed by atoms with E-state index in [1.54, 1.807) is 0 Å². The standard InChI is InChI=1S/C5H12N.Y/c1-3-5(2)4-6;/h5H,2-4,6H2,1H3;/q-1;. The minimum atomic E-state index is 0. The number of hydrogen-bond donors (Lipinski definition) is 1. The van der Waals surface area contributed by atoms with E-state index in [1.807, 2.05) is 0 Å². The Morgan fingerprint density at radius 2 is 2.14 bits per heavy atom. The summed E-state index contributed by atoms with van der Waals surface area (Å²) in [5, 5.41) is 0. The van der Waals surface area contributed by atoms with E-state index in [4.69, 9.17) is 5.73 Å². The molecule has 0 saturated heterocycles. The molecular weight excluding hydrogens is 163 g/mol. The van der Waals surface area contributed by atoms with Crippen molar-refractivity contribution in [2.45, 2.75) is 13.3 Å². The Labute approximate surface area is 70.9 Å². The minimum Gasteiger partial charge on any atom is -0.339 e. The molecule has 0 spiro atoms. The average Bonchev–Trinajstić information content (AvgIpc) is 1.65. The van der Waals surface area contributed by atoms with E-state index >= 15 is 0 Å². The predicted octanol–water partition coefficient (Wildman–Crippen LogP) is 0.803. The summed E-state index contributed by atoms with van der Waals surface area (Å²) in [6.07, 6.45) is 1.09. The molecule has 41 valence electrons. The van der Waals surface area contributed by atoms with Gasteiger partial charge in [-0.2, -0.15) is 5.92 Å². The maximum atomic E-state index is 5.22. The third-order valence-corrected chi connectivity index (χ3v) is 0.911. The van der Waals surface area contributed by atoms with Gasteiger partial charge in [-0.3, -0.25) is 0 Å². The summed E-state index contributed by atoms with van der Waals surface area (Å²) in [6, 6.07) is 0. The molecule has 1 unspecified atom stereocenters. The number of rotatable bonds is 2. The minimum absolute atomic E-state index is 0. The van der Waals surface area contributed by atoms with E-state index in [0.717, 1.165) is 13.0 Å². The van der Waals surface area contributed by atoms with Crippen LogP contribution >= 0.6 is 0 Å². The fourth-order valence-corrected chi connectivity index (χ4v) is 0.167. The van der Waals surface area contributed by atoms with E-state index in [1.165, 1.54) is 0 Å². The van der Waals surface area contributed by atoms with Crippen molar-refractivity contribution in [2.24, 2.45) is 11.7 Å². The Balaban J connectivity index is 0. The van der Waals surface area contributed by atoms with Crippen LogP contribution in [0.4, 0.5) is 0 Å². The normalized spacial score (nSPS) is 12.4. The van der Waals surface area contributed by atoms with E-state index in [0.29, 0.717) is 5.92 Å². The molecule has 7 heavy (non-hydrogen) atoms. The van der Waals surface area contributed by atoms with Gasteiger partial charge in [0.2, 0.25) is 0 Å². The summed E-state index contributed by atoms with van der Waals surface area (Å²) < 4.78 is 0. The number of nitrogens with two attached hydrogens (primary N) is 1.